The van der Waals surface area contributed by atoms with Crippen LogP contribution in [0.3, 0.4) is 0 Å². The molecule has 0 aliphatic carbocycles. The fourth-order valence-corrected chi connectivity index (χ4v) is 2.35. The van der Waals surface area contributed by atoms with Crippen LogP contribution in [0.15, 0.2) is 6.07 Å². The summed E-state index contributed by atoms with van der Waals surface area (Å²) in [6.45, 7) is 0.937. The van der Waals surface area contributed by atoms with Gasteiger partial charge in [-0.1, -0.05) is 23.2 Å². The van der Waals surface area contributed by atoms with E-state index in [-0.39, 0.29) is 0 Å². The van der Waals surface area contributed by atoms with Crippen LogP contribution in [0.1, 0.15) is 5.56 Å². The Bertz CT molecular complexity index is 234. The number of halogens is 2. The van der Waals surface area contributed by atoms with Gasteiger partial charge >= 0.3 is 0 Å². The number of hydrogen-bond acceptors (Lipinski definition) is 2. The second-order valence-electron chi connectivity index (χ2n) is 2.20. The first-order valence-electron chi connectivity index (χ1n) is 3.32. The highest BCUT2D eigenvalue weighted by Gasteiger charge is 2.03. The summed E-state index contributed by atoms with van der Waals surface area (Å²) in [4.78, 5) is 0. The number of hydrogen-bond donors (Lipinski definition) is 1. The monoisotopic (exact) mass is 209 g/mol. The zero-order valence-corrected chi connectivity index (χ0v) is 8.48. The summed E-state index contributed by atoms with van der Waals surface area (Å²) in [5.74, 6) is 0. The molecule has 1 aromatic heterocycles. The van der Waals surface area contributed by atoms with Crippen molar-refractivity contribution in [1.29, 1.82) is 0 Å². The Kier molecular flexibility index (Phi) is 3.66. The lowest BCUT2D eigenvalue weighted by Gasteiger charge is -1.95. The van der Waals surface area contributed by atoms with Crippen LogP contribution in [0, 0.1) is 0 Å². The van der Waals surface area contributed by atoms with Gasteiger partial charge in [0, 0.05) is 0 Å². The minimum atomic E-state index is 0.765. The van der Waals surface area contributed by atoms with Gasteiger partial charge in [-0.2, -0.15) is 0 Å². The van der Waals surface area contributed by atoms with E-state index < -0.39 is 0 Å². The quantitative estimate of drug-likeness (QED) is 0.808. The van der Waals surface area contributed by atoms with Gasteiger partial charge in [0.05, 0.1) is 8.67 Å². The van der Waals surface area contributed by atoms with E-state index in [1.807, 2.05) is 13.1 Å². The molecule has 0 atom stereocenters. The molecule has 0 bridgehead atoms. The van der Waals surface area contributed by atoms with Crippen molar-refractivity contribution in [3.63, 3.8) is 0 Å². The van der Waals surface area contributed by atoms with E-state index in [0.29, 0.717) is 0 Å². The molecule has 0 aromatic carbocycles. The topological polar surface area (TPSA) is 12.0 Å². The molecular formula is C7H9Cl2NS. The van der Waals surface area contributed by atoms with Crippen LogP contribution in [-0.4, -0.2) is 13.6 Å². The van der Waals surface area contributed by atoms with Crippen molar-refractivity contribution in [3.05, 3.63) is 20.3 Å². The van der Waals surface area contributed by atoms with Gasteiger partial charge < -0.3 is 5.32 Å². The molecule has 0 radical (unpaired) electrons. The Morgan fingerprint density at radius 1 is 1.55 bits per heavy atom. The first-order chi connectivity index (χ1) is 5.24. The van der Waals surface area contributed by atoms with E-state index in [0.717, 1.165) is 27.2 Å². The molecule has 0 aliphatic heterocycles. The second kappa shape index (κ2) is 4.31. The standard InChI is InChI=1S/C7H9Cl2NS/c1-10-3-2-5-4-6(8)11-7(5)9/h4,10H,2-3H2,1H3. The number of rotatable bonds is 3. The molecule has 11 heavy (non-hydrogen) atoms. The third-order valence-corrected chi connectivity index (χ3v) is 2.94. The van der Waals surface area contributed by atoms with Crippen molar-refractivity contribution < 1.29 is 0 Å². The summed E-state index contributed by atoms with van der Waals surface area (Å²) in [6, 6.07) is 1.92. The first kappa shape index (κ1) is 9.33. The van der Waals surface area contributed by atoms with Crippen LogP contribution < -0.4 is 5.32 Å². The Labute approximate surface area is 80.3 Å². The first-order valence-corrected chi connectivity index (χ1v) is 4.89. The summed E-state index contributed by atoms with van der Waals surface area (Å²) >= 11 is 13.1. The maximum atomic E-state index is 5.89. The summed E-state index contributed by atoms with van der Waals surface area (Å²) in [5.41, 5.74) is 1.14. The average molecular weight is 210 g/mol. The Morgan fingerprint density at radius 3 is 2.73 bits per heavy atom. The van der Waals surface area contributed by atoms with Crippen LogP contribution in [0.25, 0.3) is 0 Å². The van der Waals surface area contributed by atoms with Gasteiger partial charge in [-0.25, -0.2) is 0 Å². The lowest BCUT2D eigenvalue weighted by atomic mass is 10.2. The molecule has 0 fully saturated rings. The number of likely N-dealkylation sites (N-methyl/N-ethyl adjacent to an activating group) is 1. The molecule has 62 valence electrons. The zero-order chi connectivity index (χ0) is 8.27. The van der Waals surface area contributed by atoms with E-state index in [1.54, 1.807) is 0 Å². The smallest absolute Gasteiger partial charge is 0.0976 e. The predicted octanol–water partition coefficient (Wildman–Crippen LogP) is 2.82. The molecule has 4 heteroatoms. The van der Waals surface area contributed by atoms with Gasteiger partial charge in [-0.05, 0) is 31.6 Å². The lowest BCUT2D eigenvalue weighted by molar-refractivity contribution is 0.793. The van der Waals surface area contributed by atoms with E-state index in [1.165, 1.54) is 11.3 Å². The normalized spacial score (nSPS) is 10.5. The highest BCUT2D eigenvalue weighted by molar-refractivity contribution is 7.20. The fraction of sp³-hybridized carbons (Fsp3) is 0.429. The SMILES string of the molecule is CNCCc1cc(Cl)sc1Cl. The third kappa shape index (κ3) is 2.64. The van der Waals surface area contributed by atoms with Crippen molar-refractivity contribution >= 4 is 34.5 Å². The molecule has 0 saturated carbocycles. The van der Waals surface area contributed by atoms with Gasteiger partial charge in [-0.15, -0.1) is 11.3 Å². The average Bonchev–Trinajstić information content (AvgIpc) is 2.26. The molecular weight excluding hydrogens is 201 g/mol. The van der Waals surface area contributed by atoms with Crippen LogP contribution >= 0.6 is 34.5 Å². The van der Waals surface area contributed by atoms with Crippen molar-refractivity contribution in [1.82, 2.24) is 5.32 Å². The molecule has 0 aliphatic rings. The largest absolute Gasteiger partial charge is 0.319 e. The molecule has 1 heterocycles. The highest BCUT2D eigenvalue weighted by Crippen LogP contribution is 2.31. The Hall–Kier alpha value is 0.240. The summed E-state index contributed by atoms with van der Waals surface area (Å²) in [5, 5.41) is 3.06. The highest BCUT2D eigenvalue weighted by atomic mass is 35.5. The maximum Gasteiger partial charge on any atom is 0.0976 e. The molecule has 0 spiro atoms. The van der Waals surface area contributed by atoms with Gasteiger partial charge in [0.2, 0.25) is 0 Å². The van der Waals surface area contributed by atoms with E-state index in [2.05, 4.69) is 5.32 Å². The van der Waals surface area contributed by atoms with Crippen molar-refractivity contribution in [2.75, 3.05) is 13.6 Å². The van der Waals surface area contributed by atoms with Gasteiger partial charge in [0.15, 0.2) is 0 Å². The van der Waals surface area contributed by atoms with E-state index in [4.69, 9.17) is 23.2 Å². The Balaban J connectivity index is 2.62. The lowest BCUT2D eigenvalue weighted by Crippen LogP contribution is -2.09. The third-order valence-electron chi connectivity index (χ3n) is 1.37. The number of nitrogens with one attached hydrogen (secondary N) is 1. The van der Waals surface area contributed by atoms with Crippen LogP contribution in [0.4, 0.5) is 0 Å². The summed E-state index contributed by atoms with van der Waals surface area (Å²) in [6.07, 6.45) is 0.943. The van der Waals surface area contributed by atoms with Crippen LogP contribution in [0.2, 0.25) is 8.67 Å². The minimum absolute atomic E-state index is 0.765. The molecule has 1 N–H and O–H groups in total. The van der Waals surface area contributed by atoms with E-state index >= 15 is 0 Å². The van der Waals surface area contributed by atoms with Crippen LogP contribution in [-0.2, 0) is 6.42 Å². The maximum absolute atomic E-state index is 5.89. The van der Waals surface area contributed by atoms with Gasteiger partial charge in [-0.3, -0.25) is 0 Å². The molecule has 0 saturated heterocycles. The van der Waals surface area contributed by atoms with Gasteiger partial charge in [0.25, 0.3) is 0 Å². The summed E-state index contributed by atoms with van der Waals surface area (Å²) < 4.78 is 1.58. The number of thiophene rings is 1. The fourth-order valence-electron chi connectivity index (χ4n) is 0.804. The minimum Gasteiger partial charge on any atom is -0.319 e. The molecule has 1 aromatic rings. The second-order valence-corrected chi connectivity index (χ2v) is 4.49. The van der Waals surface area contributed by atoms with Crippen molar-refractivity contribution in [2.24, 2.45) is 0 Å². The summed E-state index contributed by atoms with van der Waals surface area (Å²) in [7, 11) is 1.92. The van der Waals surface area contributed by atoms with Gasteiger partial charge in [0.1, 0.15) is 0 Å². The van der Waals surface area contributed by atoms with Crippen LogP contribution in [0.5, 0.6) is 0 Å². The van der Waals surface area contributed by atoms with Crippen molar-refractivity contribution in [3.8, 4) is 0 Å². The molecule has 1 rings (SSSR count). The van der Waals surface area contributed by atoms with Crippen molar-refractivity contribution in [2.45, 2.75) is 6.42 Å². The predicted molar refractivity (Wildman–Crippen MR) is 52.0 cm³/mol. The molecule has 1 nitrogen and oxygen atoms in total. The van der Waals surface area contributed by atoms with E-state index in [9.17, 15) is 0 Å². The Morgan fingerprint density at radius 2 is 2.27 bits per heavy atom. The molecule has 0 amide bonds. The zero-order valence-electron chi connectivity index (χ0n) is 6.16. The molecule has 0 unspecified atom stereocenters.